The van der Waals surface area contributed by atoms with Crippen LogP contribution >= 0.6 is 0 Å². The predicted molar refractivity (Wildman–Crippen MR) is 104 cm³/mol. The van der Waals surface area contributed by atoms with Crippen LogP contribution in [0.1, 0.15) is 20.8 Å². The molecule has 0 aliphatic carbocycles. The van der Waals surface area contributed by atoms with Crippen molar-refractivity contribution in [1.82, 2.24) is 0 Å². The van der Waals surface area contributed by atoms with Gasteiger partial charge in [-0.2, -0.15) is 0 Å². The second kappa shape index (κ2) is 8.13. The van der Waals surface area contributed by atoms with E-state index in [0.717, 1.165) is 11.4 Å². The lowest BCUT2D eigenvalue weighted by atomic mass is 10.2. The molecule has 0 fully saturated rings. The summed E-state index contributed by atoms with van der Waals surface area (Å²) in [6, 6.07) is 14.4. The first-order chi connectivity index (χ1) is 12.3. The van der Waals surface area contributed by atoms with Gasteiger partial charge in [0.25, 0.3) is 0 Å². The molecule has 2 aromatic rings. The maximum Gasteiger partial charge on any atom is 0.412 e. The van der Waals surface area contributed by atoms with Gasteiger partial charge in [-0.15, -0.1) is 0 Å². The summed E-state index contributed by atoms with van der Waals surface area (Å²) in [7, 11) is 1.87. The molecule has 0 radical (unpaired) electrons. The molecule has 0 atom stereocenters. The summed E-state index contributed by atoms with van der Waals surface area (Å²) in [5, 5.41) is 8.06. The van der Waals surface area contributed by atoms with Gasteiger partial charge in [0.1, 0.15) is 5.60 Å². The third-order valence-corrected chi connectivity index (χ3v) is 3.22. The normalized spacial score (nSPS) is 10.5. The topological polar surface area (TPSA) is 102 Å². The molecule has 0 spiro atoms. The highest BCUT2D eigenvalue weighted by molar-refractivity contribution is 5.85. The third-order valence-electron chi connectivity index (χ3n) is 3.22. The molecule has 0 saturated heterocycles. The van der Waals surface area contributed by atoms with Crippen molar-refractivity contribution >= 4 is 28.8 Å². The number of azide groups is 1. The summed E-state index contributed by atoms with van der Waals surface area (Å²) in [6.07, 6.45) is -0.490. The summed E-state index contributed by atoms with van der Waals surface area (Å²) in [4.78, 5) is 14.5. The number of carbonyl (C=O) groups excluding carboxylic acids is 1. The second-order valence-electron chi connectivity index (χ2n) is 6.58. The summed E-state index contributed by atoms with van der Waals surface area (Å²) >= 11 is 0. The lowest BCUT2D eigenvalue weighted by Gasteiger charge is -2.22. The van der Waals surface area contributed by atoms with Crippen LogP contribution in [0.25, 0.3) is 10.4 Å². The highest BCUT2D eigenvalue weighted by Crippen LogP contribution is 2.21. The number of hydrogen-bond acceptors (Lipinski definition) is 5. The van der Waals surface area contributed by atoms with Gasteiger partial charge in [0.05, 0.1) is 11.4 Å². The van der Waals surface area contributed by atoms with E-state index in [0.29, 0.717) is 11.4 Å². The van der Waals surface area contributed by atoms with Crippen LogP contribution in [0.4, 0.5) is 27.5 Å². The monoisotopic (exact) mass is 354 g/mol. The Morgan fingerprint density at radius 1 is 1.08 bits per heavy atom. The molecule has 8 nitrogen and oxygen atoms in total. The molecule has 0 bridgehead atoms. The highest BCUT2D eigenvalue weighted by atomic mass is 16.6. The largest absolute Gasteiger partial charge is 0.444 e. The lowest BCUT2D eigenvalue weighted by Crippen LogP contribution is -2.27. The van der Waals surface area contributed by atoms with Crippen LogP contribution in [0.5, 0.6) is 0 Å². The van der Waals surface area contributed by atoms with Crippen LogP contribution in [0.3, 0.4) is 0 Å². The molecule has 1 amide bonds. The van der Waals surface area contributed by atoms with Gasteiger partial charge >= 0.3 is 6.09 Å². The minimum atomic E-state index is -0.539. The number of benzene rings is 2. The van der Waals surface area contributed by atoms with E-state index >= 15 is 0 Å². The molecule has 0 aliphatic heterocycles. The number of rotatable bonds is 5. The highest BCUT2D eigenvalue weighted by Gasteiger charge is 2.16. The first-order valence-corrected chi connectivity index (χ1v) is 8.02. The Hall–Kier alpha value is -3.38. The number of carbonyl (C=O) groups is 1. The minimum Gasteiger partial charge on any atom is -0.444 e. The molecule has 2 rings (SSSR count). The maximum atomic E-state index is 11.8. The van der Waals surface area contributed by atoms with Crippen LogP contribution in [0.15, 0.2) is 53.6 Å². The van der Waals surface area contributed by atoms with Crippen molar-refractivity contribution in [1.29, 1.82) is 0 Å². The van der Waals surface area contributed by atoms with Gasteiger partial charge < -0.3 is 4.74 Å². The van der Waals surface area contributed by atoms with E-state index in [2.05, 4.69) is 20.8 Å². The lowest BCUT2D eigenvalue weighted by molar-refractivity contribution is 0.0636. The average molecular weight is 354 g/mol. The molecule has 0 aromatic heterocycles. The molecule has 0 aliphatic rings. The fraction of sp³-hybridized carbons (Fsp3) is 0.278. The molecular formula is C18H22N6O2. The zero-order valence-electron chi connectivity index (χ0n) is 15.2. The fourth-order valence-electron chi connectivity index (χ4n) is 2.10. The van der Waals surface area contributed by atoms with E-state index in [9.17, 15) is 4.79 Å². The van der Waals surface area contributed by atoms with Crippen LogP contribution < -0.4 is 15.8 Å². The van der Waals surface area contributed by atoms with Crippen molar-refractivity contribution in [2.75, 3.05) is 22.8 Å². The standard InChI is InChI=1S/C18H22N6O2/c1-18(2,3)26-17(25)20-13-5-7-15(8-6-13)22-24(4)16-11-9-14(10-12-16)21-23-19/h5-12,22H,1-4H3,(H,20,25). The van der Waals surface area contributed by atoms with Gasteiger partial charge in [0.2, 0.25) is 0 Å². The number of nitrogens with zero attached hydrogens (tertiary/aromatic N) is 4. The molecule has 0 saturated carbocycles. The molecule has 136 valence electrons. The Kier molecular flexibility index (Phi) is 5.93. The Labute approximate surface area is 152 Å². The number of ether oxygens (including phenoxy) is 1. The fourth-order valence-corrected chi connectivity index (χ4v) is 2.10. The minimum absolute atomic E-state index is 0.490. The Balaban J connectivity index is 1.95. The Morgan fingerprint density at radius 3 is 2.19 bits per heavy atom. The molecule has 0 heterocycles. The van der Waals surface area contributed by atoms with Crippen molar-refractivity contribution in [2.24, 2.45) is 5.11 Å². The van der Waals surface area contributed by atoms with Gasteiger partial charge in [-0.25, -0.2) is 4.79 Å². The SMILES string of the molecule is CN(Nc1ccc(NC(=O)OC(C)(C)C)cc1)c1ccc(N=[N+]=[N-])cc1. The summed E-state index contributed by atoms with van der Waals surface area (Å²) in [5.41, 5.74) is 14.1. The number of hydrogen-bond donors (Lipinski definition) is 2. The molecule has 8 heteroatoms. The zero-order chi connectivity index (χ0) is 19.2. The summed E-state index contributed by atoms with van der Waals surface area (Å²) in [5.74, 6) is 0. The zero-order valence-corrected chi connectivity index (χ0v) is 15.2. The molecule has 2 aromatic carbocycles. The third kappa shape index (κ3) is 5.92. The smallest absolute Gasteiger partial charge is 0.412 e. The average Bonchev–Trinajstić information content (AvgIpc) is 2.56. The van der Waals surface area contributed by atoms with E-state index in [4.69, 9.17) is 10.3 Å². The van der Waals surface area contributed by atoms with Crippen molar-refractivity contribution in [3.05, 3.63) is 59.0 Å². The van der Waals surface area contributed by atoms with Gasteiger partial charge in [-0.1, -0.05) is 17.2 Å². The van der Waals surface area contributed by atoms with Gasteiger partial charge in [0, 0.05) is 23.3 Å². The van der Waals surface area contributed by atoms with Gasteiger partial charge in [-0.3, -0.25) is 15.8 Å². The van der Waals surface area contributed by atoms with Crippen molar-refractivity contribution < 1.29 is 9.53 Å². The first-order valence-electron chi connectivity index (χ1n) is 8.02. The number of anilines is 3. The molecule has 0 unspecified atom stereocenters. The van der Waals surface area contributed by atoms with Crippen LogP contribution in [0.2, 0.25) is 0 Å². The quantitative estimate of drug-likeness (QED) is 0.323. The second-order valence-corrected chi connectivity index (χ2v) is 6.58. The van der Waals surface area contributed by atoms with Crippen molar-refractivity contribution in [3.63, 3.8) is 0 Å². The molecule has 26 heavy (non-hydrogen) atoms. The van der Waals surface area contributed by atoms with Crippen LogP contribution in [-0.4, -0.2) is 18.7 Å². The van der Waals surface area contributed by atoms with Crippen LogP contribution in [-0.2, 0) is 4.74 Å². The van der Waals surface area contributed by atoms with Gasteiger partial charge in [0.15, 0.2) is 0 Å². The van der Waals surface area contributed by atoms with Gasteiger partial charge in [-0.05, 0) is 62.7 Å². The number of nitrogens with one attached hydrogen (secondary N) is 2. The predicted octanol–water partition coefficient (Wildman–Crippen LogP) is 5.44. The van der Waals surface area contributed by atoms with Crippen molar-refractivity contribution in [2.45, 2.75) is 26.4 Å². The van der Waals surface area contributed by atoms with E-state index in [1.807, 2.05) is 57.1 Å². The number of amides is 1. The van der Waals surface area contributed by atoms with E-state index < -0.39 is 11.7 Å². The van der Waals surface area contributed by atoms with E-state index in [1.165, 1.54) is 0 Å². The number of hydrazine groups is 1. The summed E-state index contributed by atoms with van der Waals surface area (Å²) in [6.45, 7) is 5.44. The van der Waals surface area contributed by atoms with Crippen LogP contribution in [0, 0.1) is 0 Å². The Morgan fingerprint density at radius 2 is 1.65 bits per heavy atom. The van der Waals surface area contributed by atoms with Crippen molar-refractivity contribution in [3.8, 4) is 0 Å². The van der Waals surface area contributed by atoms with E-state index in [-0.39, 0.29) is 0 Å². The first kappa shape index (κ1) is 19.0. The van der Waals surface area contributed by atoms with E-state index in [1.54, 1.807) is 24.3 Å². The Bertz CT molecular complexity index is 790. The molecular weight excluding hydrogens is 332 g/mol. The maximum absolute atomic E-state index is 11.8. The molecule has 2 N–H and O–H groups in total. The summed E-state index contributed by atoms with van der Waals surface area (Å²) < 4.78 is 5.22.